The number of benzene rings is 1. The maximum atomic E-state index is 6.00. The zero-order valence-corrected chi connectivity index (χ0v) is 12.8. The van der Waals surface area contributed by atoms with Gasteiger partial charge in [-0.3, -0.25) is 9.88 Å². The van der Waals surface area contributed by atoms with Crippen LogP contribution in [0, 0.1) is 0 Å². The Hall–Kier alpha value is -1.64. The molecule has 3 rings (SSSR count). The summed E-state index contributed by atoms with van der Waals surface area (Å²) in [4.78, 5) is 6.99. The van der Waals surface area contributed by atoms with Gasteiger partial charge in [-0.15, -0.1) is 0 Å². The van der Waals surface area contributed by atoms with Crippen LogP contribution in [0.1, 0.15) is 24.1 Å². The van der Waals surface area contributed by atoms with Gasteiger partial charge >= 0.3 is 0 Å². The SMILES string of the molecule is Clc1ccc(/C(=C/CN2CCCC2)c2ccccn2)cc1. The molecule has 1 aliphatic rings. The highest BCUT2D eigenvalue weighted by atomic mass is 35.5. The number of hydrogen-bond donors (Lipinski definition) is 0. The summed E-state index contributed by atoms with van der Waals surface area (Å²) >= 11 is 6.00. The highest BCUT2D eigenvalue weighted by Gasteiger charge is 2.11. The Kier molecular flexibility index (Phi) is 4.69. The van der Waals surface area contributed by atoms with Crippen LogP contribution >= 0.6 is 11.6 Å². The Morgan fingerprint density at radius 1 is 1.10 bits per heavy atom. The van der Waals surface area contributed by atoms with E-state index in [0.717, 1.165) is 22.8 Å². The summed E-state index contributed by atoms with van der Waals surface area (Å²) in [6.45, 7) is 3.38. The van der Waals surface area contributed by atoms with Gasteiger partial charge in [-0.2, -0.15) is 0 Å². The van der Waals surface area contributed by atoms with Crippen molar-refractivity contribution in [3.63, 3.8) is 0 Å². The van der Waals surface area contributed by atoms with Gasteiger partial charge in [0.05, 0.1) is 5.69 Å². The summed E-state index contributed by atoms with van der Waals surface area (Å²) in [5.41, 5.74) is 3.36. The highest BCUT2D eigenvalue weighted by Crippen LogP contribution is 2.23. The number of halogens is 1. The van der Waals surface area contributed by atoms with Crippen LogP contribution in [0.3, 0.4) is 0 Å². The summed E-state index contributed by atoms with van der Waals surface area (Å²) in [7, 11) is 0. The molecule has 2 nitrogen and oxygen atoms in total. The molecule has 0 amide bonds. The van der Waals surface area contributed by atoms with Crippen LogP contribution in [0.15, 0.2) is 54.7 Å². The van der Waals surface area contributed by atoms with Gasteiger partial charge in [-0.1, -0.05) is 35.9 Å². The summed E-state index contributed by atoms with van der Waals surface area (Å²) in [6, 6.07) is 14.0. The fourth-order valence-electron chi connectivity index (χ4n) is 2.71. The molecular formula is C18H19ClN2. The zero-order valence-electron chi connectivity index (χ0n) is 12.0. The molecule has 2 aromatic rings. The van der Waals surface area contributed by atoms with Gasteiger partial charge < -0.3 is 0 Å². The average Bonchev–Trinajstić information content (AvgIpc) is 3.04. The molecule has 1 fully saturated rings. The molecule has 0 radical (unpaired) electrons. The van der Waals surface area contributed by atoms with Crippen molar-refractivity contribution in [2.24, 2.45) is 0 Å². The van der Waals surface area contributed by atoms with Crippen molar-refractivity contribution in [1.29, 1.82) is 0 Å². The lowest BCUT2D eigenvalue weighted by atomic mass is 10.0. The van der Waals surface area contributed by atoms with Crippen molar-refractivity contribution in [3.05, 3.63) is 71.0 Å². The molecule has 0 atom stereocenters. The Labute approximate surface area is 131 Å². The molecule has 1 aromatic carbocycles. The van der Waals surface area contributed by atoms with E-state index in [4.69, 9.17) is 11.6 Å². The molecule has 0 saturated carbocycles. The minimum absolute atomic E-state index is 0.763. The molecule has 0 N–H and O–H groups in total. The van der Waals surface area contributed by atoms with Gasteiger partial charge in [0.15, 0.2) is 0 Å². The van der Waals surface area contributed by atoms with Crippen LogP contribution in [0.25, 0.3) is 5.57 Å². The molecule has 108 valence electrons. The Morgan fingerprint density at radius 3 is 2.52 bits per heavy atom. The quantitative estimate of drug-likeness (QED) is 0.838. The molecule has 0 aliphatic carbocycles. The fourth-order valence-corrected chi connectivity index (χ4v) is 2.83. The van der Waals surface area contributed by atoms with Gasteiger partial charge in [-0.05, 0) is 55.8 Å². The number of nitrogens with zero attached hydrogens (tertiary/aromatic N) is 2. The third-order valence-corrected chi connectivity index (χ3v) is 4.10. The van der Waals surface area contributed by atoms with Crippen LogP contribution < -0.4 is 0 Å². The first kappa shape index (κ1) is 14.3. The molecule has 0 bridgehead atoms. The summed E-state index contributed by atoms with van der Waals surface area (Å²) in [6.07, 6.45) is 6.76. The molecule has 0 unspecified atom stereocenters. The molecule has 1 aromatic heterocycles. The van der Waals surface area contributed by atoms with E-state index in [-0.39, 0.29) is 0 Å². The van der Waals surface area contributed by atoms with Crippen molar-refractivity contribution < 1.29 is 0 Å². The molecule has 0 spiro atoms. The summed E-state index contributed by atoms with van der Waals surface area (Å²) in [5.74, 6) is 0. The monoisotopic (exact) mass is 298 g/mol. The standard InChI is InChI=1S/C18H19ClN2/c19-16-8-6-15(7-9-16)17(18-5-1-2-11-20-18)10-14-21-12-3-4-13-21/h1-2,5-11H,3-4,12-14H2/b17-10-. The number of pyridine rings is 1. The van der Waals surface area contributed by atoms with Crippen LogP contribution in [0.5, 0.6) is 0 Å². The van der Waals surface area contributed by atoms with Crippen molar-refractivity contribution >= 4 is 17.2 Å². The van der Waals surface area contributed by atoms with E-state index in [0.29, 0.717) is 0 Å². The summed E-state index contributed by atoms with van der Waals surface area (Å²) < 4.78 is 0. The first-order valence-corrected chi connectivity index (χ1v) is 7.80. The predicted octanol–water partition coefficient (Wildman–Crippen LogP) is 4.26. The number of rotatable bonds is 4. The van der Waals surface area contributed by atoms with E-state index in [1.807, 2.05) is 30.5 Å². The van der Waals surface area contributed by atoms with Crippen LogP contribution in [0.4, 0.5) is 0 Å². The van der Waals surface area contributed by atoms with E-state index in [9.17, 15) is 0 Å². The maximum absolute atomic E-state index is 6.00. The van der Waals surface area contributed by atoms with Gasteiger partial charge in [0, 0.05) is 23.3 Å². The van der Waals surface area contributed by atoms with E-state index in [2.05, 4.69) is 34.2 Å². The lowest BCUT2D eigenvalue weighted by molar-refractivity contribution is 0.377. The molecule has 1 aliphatic heterocycles. The van der Waals surface area contributed by atoms with Crippen LogP contribution in [-0.2, 0) is 0 Å². The smallest absolute Gasteiger partial charge is 0.0705 e. The largest absolute Gasteiger partial charge is 0.300 e. The molecule has 21 heavy (non-hydrogen) atoms. The fraction of sp³-hybridized carbons (Fsp3) is 0.278. The number of hydrogen-bond acceptors (Lipinski definition) is 2. The zero-order chi connectivity index (χ0) is 14.5. The third-order valence-electron chi connectivity index (χ3n) is 3.85. The Balaban J connectivity index is 1.90. The van der Waals surface area contributed by atoms with Gasteiger partial charge in [-0.25, -0.2) is 0 Å². The normalized spacial score (nSPS) is 16.3. The summed E-state index contributed by atoms with van der Waals surface area (Å²) in [5, 5.41) is 0.763. The Bertz CT molecular complexity index is 599. The second-order valence-electron chi connectivity index (χ2n) is 5.35. The number of aromatic nitrogens is 1. The first-order valence-electron chi connectivity index (χ1n) is 7.43. The van der Waals surface area contributed by atoms with Gasteiger partial charge in [0.2, 0.25) is 0 Å². The number of likely N-dealkylation sites (tertiary alicyclic amines) is 1. The molecular weight excluding hydrogens is 280 g/mol. The minimum atomic E-state index is 0.763. The van der Waals surface area contributed by atoms with Crippen molar-refractivity contribution in [2.45, 2.75) is 12.8 Å². The second-order valence-corrected chi connectivity index (χ2v) is 5.78. The van der Waals surface area contributed by atoms with Crippen LogP contribution in [0.2, 0.25) is 5.02 Å². The predicted molar refractivity (Wildman–Crippen MR) is 88.4 cm³/mol. The molecule has 1 saturated heterocycles. The lowest BCUT2D eigenvalue weighted by Crippen LogP contribution is -2.19. The molecule has 2 heterocycles. The highest BCUT2D eigenvalue weighted by molar-refractivity contribution is 6.30. The minimum Gasteiger partial charge on any atom is -0.300 e. The van der Waals surface area contributed by atoms with Crippen LogP contribution in [-0.4, -0.2) is 29.5 Å². The average molecular weight is 299 g/mol. The van der Waals surface area contributed by atoms with Crippen molar-refractivity contribution in [2.75, 3.05) is 19.6 Å². The topological polar surface area (TPSA) is 16.1 Å². The second kappa shape index (κ2) is 6.88. The first-order chi connectivity index (χ1) is 10.3. The maximum Gasteiger partial charge on any atom is 0.0705 e. The Morgan fingerprint density at radius 2 is 1.86 bits per heavy atom. The van der Waals surface area contributed by atoms with E-state index >= 15 is 0 Å². The van der Waals surface area contributed by atoms with E-state index in [1.165, 1.54) is 31.5 Å². The van der Waals surface area contributed by atoms with Gasteiger partial charge in [0.25, 0.3) is 0 Å². The van der Waals surface area contributed by atoms with E-state index in [1.54, 1.807) is 0 Å². The third kappa shape index (κ3) is 3.72. The van der Waals surface area contributed by atoms with Crippen molar-refractivity contribution in [3.8, 4) is 0 Å². The van der Waals surface area contributed by atoms with Gasteiger partial charge in [0.1, 0.15) is 0 Å². The lowest BCUT2D eigenvalue weighted by Gasteiger charge is -2.14. The molecule has 3 heteroatoms. The van der Waals surface area contributed by atoms with E-state index < -0.39 is 0 Å². The van der Waals surface area contributed by atoms with Crippen molar-refractivity contribution in [1.82, 2.24) is 9.88 Å².